The lowest BCUT2D eigenvalue weighted by Crippen LogP contribution is -2.09. The molecular formula is C18H19N7O. The van der Waals surface area contributed by atoms with Gasteiger partial charge in [-0.25, -0.2) is 9.97 Å². The van der Waals surface area contributed by atoms with E-state index in [0.29, 0.717) is 23.8 Å². The molecule has 0 aliphatic heterocycles. The Morgan fingerprint density at radius 1 is 1.27 bits per heavy atom. The number of aromatic nitrogens is 4. The zero-order valence-electron chi connectivity index (χ0n) is 14.6. The Labute approximate surface area is 151 Å². The molecule has 1 aromatic carbocycles. The number of anilines is 1. The van der Waals surface area contributed by atoms with Gasteiger partial charge in [-0.15, -0.1) is 10.2 Å². The minimum Gasteiger partial charge on any atom is -0.414 e. The van der Waals surface area contributed by atoms with Crippen molar-refractivity contribution in [1.29, 1.82) is 0 Å². The summed E-state index contributed by atoms with van der Waals surface area (Å²) < 4.78 is 5.73. The number of nitrogens with two attached hydrogens (primary N) is 1. The predicted molar refractivity (Wildman–Crippen MR) is 101 cm³/mol. The molecule has 0 spiro atoms. The zero-order valence-corrected chi connectivity index (χ0v) is 14.6. The number of hydrogen-bond donors (Lipinski definition) is 1. The molecule has 8 heteroatoms. The maximum Gasteiger partial charge on any atom is 0.270 e. The van der Waals surface area contributed by atoms with Gasteiger partial charge in [0, 0.05) is 25.0 Å². The van der Waals surface area contributed by atoms with Crippen molar-refractivity contribution >= 4 is 18.1 Å². The lowest BCUT2D eigenvalue weighted by Gasteiger charge is -2.12. The van der Waals surface area contributed by atoms with Gasteiger partial charge in [-0.1, -0.05) is 18.2 Å². The second-order valence-corrected chi connectivity index (χ2v) is 5.48. The molecule has 0 aliphatic rings. The third kappa shape index (κ3) is 3.59. The lowest BCUT2D eigenvalue weighted by molar-refractivity contribution is 0.427. The van der Waals surface area contributed by atoms with Gasteiger partial charge in [0.1, 0.15) is 0 Å². The number of nitrogens with zero attached hydrogens (tertiary/aromatic N) is 6. The molecule has 0 aliphatic carbocycles. The van der Waals surface area contributed by atoms with E-state index in [9.17, 15) is 0 Å². The Morgan fingerprint density at radius 3 is 2.69 bits per heavy atom. The van der Waals surface area contributed by atoms with Gasteiger partial charge in [0.2, 0.25) is 5.89 Å². The number of hydrogen-bond acceptors (Lipinski definition) is 8. The molecule has 0 unspecified atom stereocenters. The summed E-state index contributed by atoms with van der Waals surface area (Å²) in [7, 11) is 0. The van der Waals surface area contributed by atoms with E-state index in [1.165, 1.54) is 0 Å². The van der Waals surface area contributed by atoms with Gasteiger partial charge < -0.3 is 10.2 Å². The zero-order chi connectivity index (χ0) is 18.5. The number of nitrogen functional groups attached to an aromatic ring is 1. The van der Waals surface area contributed by atoms with E-state index in [-0.39, 0.29) is 11.7 Å². The van der Waals surface area contributed by atoms with Gasteiger partial charge in [-0.2, -0.15) is 5.10 Å². The number of benzene rings is 1. The van der Waals surface area contributed by atoms with Gasteiger partial charge in [0.25, 0.3) is 5.89 Å². The van der Waals surface area contributed by atoms with Gasteiger partial charge in [0.15, 0.2) is 11.5 Å². The minimum absolute atomic E-state index is 0.220. The summed E-state index contributed by atoms with van der Waals surface area (Å²) in [5.74, 6) is 0.837. The second kappa shape index (κ2) is 7.56. The molecule has 2 heterocycles. The molecule has 0 bridgehead atoms. The van der Waals surface area contributed by atoms with Crippen molar-refractivity contribution in [3.8, 4) is 23.0 Å². The van der Waals surface area contributed by atoms with Crippen molar-refractivity contribution in [2.75, 3.05) is 12.3 Å². The van der Waals surface area contributed by atoms with Crippen LogP contribution in [0.25, 0.3) is 28.6 Å². The van der Waals surface area contributed by atoms with Crippen LogP contribution >= 0.6 is 0 Å². The highest BCUT2D eigenvalue weighted by Gasteiger charge is 2.16. The van der Waals surface area contributed by atoms with Gasteiger partial charge in [-0.3, -0.25) is 5.01 Å². The molecule has 2 aromatic heterocycles. The van der Waals surface area contributed by atoms with Crippen LogP contribution in [-0.2, 0) is 0 Å². The highest BCUT2D eigenvalue weighted by molar-refractivity contribution is 5.68. The highest BCUT2D eigenvalue weighted by Crippen LogP contribution is 2.26. The number of hydrazone groups is 1. The van der Waals surface area contributed by atoms with Crippen molar-refractivity contribution in [2.45, 2.75) is 13.8 Å². The molecule has 0 radical (unpaired) electrons. The van der Waals surface area contributed by atoms with Gasteiger partial charge >= 0.3 is 0 Å². The van der Waals surface area contributed by atoms with Crippen LogP contribution in [0.3, 0.4) is 0 Å². The molecule has 26 heavy (non-hydrogen) atoms. The average Bonchev–Trinajstić information content (AvgIpc) is 3.17. The second-order valence-electron chi connectivity index (χ2n) is 5.48. The Balaban J connectivity index is 1.96. The SMILES string of the molecule is C=NN(/C=C(\C)c1cnc(N)c(-c2nnc(-c3ccccc3)o2)n1)CC. The van der Waals surface area contributed by atoms with Crippen molar-refractivity contribution in [3.05, 3.63) is 48.4 Å². The standard InChI is InChI=1S/C18H19N7O/c1-4-25(20-3)11-12(2)14-10-21-16(19)15(22-14)18-24-23-17(26-18)13-8-6-5-7-9-13/h5-11H,3-4H2,1-2H3,(H2,19,21)/b12-11+. The van der Waals surface area contributed by atoms with E-state index < -0.39 is 0 Å². The molecule has 3 aromatic rings. The van der Waals surface area contributed by atoms with E-state index in [1.54, 1.807) is 11.2 Å². The molecule has 0 amide bonds. The van der Waals surface area contributed by atoms with Crippen LogP contribution in [0.2, 0.25) is 0 Å². The summed E-state index contributed by atoms with van der Waals surface area (Å²) in [6.07, 6.45) is 3.43. The normalized spacial score (nSPS) is 11.4. The first-order valence-corrected chi connectivity index (χ1v) is 8.06. The summed E-state index contributed by atoms with van der Waals surface area (Å²) in [6.45, 7) is 8.10. The van der Waals surface area contributed by atoms with Crippen LogP contribution in [0.15, 0.2) is 52.2 Å². The molecule has 132 valence electrons. The van der Waals surface area contributed by atoms with E-state index in [2.05, 4.69) is 32.0 Å². The minimum atomic E-state index is 0.220. The first-order valence-electron chi connectivity index (χ1n) is 8.06. The molecule has 0 saturated heterocycles. The summed E-state index contributed by atoms with van der Waals surface area (Å²) in [5, 5.41) is 13.7. The van der Waals surface area contributed by atoms with E-state index in [1.807, 2.05) is 50.4 Å². The molecule has 3 rings (SSSR count). The Hall–Kier alpha value is -3.55. The molecule has 0 atom stereocenters. The Kier molecular flexibility index (Phi) is 5.02. The third-order valence-corrected chi connectivity index (χ3v) is 3.70. The van der Waals surface area contributed by atoms with Crippen molar-refractivity contribution in [2.24, 2.45) is 5.10 Å². The van der Waals surface area contributed by atoms with Gasteiger partial charge in [0.05, 0.1) is 11.9 Å². The smallest absolute Gasteiger partial charge is 0.270 e. The molecule has 8 nitrogen and oxygen atoms in total. The molecule has 2 N–H and O–H groups in total. The van der Waals surface area contributed by atoms with Gasteiger partial charge in [-0.05, 0) is 31.6 Å². The van der Waals surface area contributed by atoms with Crippen LogP contribution in [-0.4, -0.2) is 38.4 Å². The predicted octanol–water partition coefficient (Wildman–Crippen LogP) is 3.07. The van der Waals surface area contributed by atoms with Crippen molar-refractivity contribution < 1.29 is 4.42 Å². The molecule has 0 fully saturated rings. The first-order chi connectivity index (χ1) is 12.6. The fourth-order valence-corrected chi connectivity index (χ4v) is 2.28. The Morgan fingerprint density at radius 2 is 2.00 bits per heavy atom. The fourth-order valence-electron chi connectivity index (χ4n) is 2.28. The summed E-state index contributed by atoms with van der Waals surface area (Å²) in [4.78, 5) is 8.73. The van der Waals surface area contributed by atoms with Crippen LogP contribution < -0.4 is 5.73 Å². The lowest BCUT2D eigenvalue weighted by atomic mass is 10.2. The first kappa shape index (κ1) is 17.3. The van der Waals surface area contributed by atoms with Crippen LogP contribution in [0, 0.1) is 0 Å². The topological polar surface area (TPSA) is 106 Å². The summed E-state index contributed by atoms with van der Waals surface area (Å²) in [6, 6.07) is 9.49. The van der Waals surface area contributed by atoms with Crippen LogP contribution in [0.4, 0.5) is 5.82 Å². The van der Waals surface area contributed by atoms with Crippen molar-refractivity contribution in [1.82, 2.24) is 25.2 Å². The van der Waals surface area contributed by atoms with Crippen molar-refractivity contribution in [3.63, 3.8) is 0 Å². The maximum atomic E-state index is 5.96. The summed E-state index contributed by atoms with van der Waals surface area (Å²) >= 11 is 0. The Bertz CT molecular complexity index is 934. The largest absolute Gasteiger partial charge is 0.414 e. The van der Waals surface area contributed by atoms with E-state index in [0.717, 1.165) is 11.1 Å². The van der Waals surface area contributed by atoms with E-state index >= 15 is 0 Å². The molecular weight excluding hydrogens is 330 g/mol. The van der Waals surface area contributed by atoms with E-state index in [4.69, 9.17) is 10.2 Å². The highest BCUT2D eigenvalue weighted by atomic mass is 16.4. The number of rotatable bonds is 6. The maximum absolute atomic E-state index is 5.96. The average molecular weight is 349 g/mol. The quantitative estimate of drug-likeness (QED) is 0.538. The summed E-state index contributed by atoms with van der Waals surface area (Å²) in [5.41, 5.74) is 8.62. The number of allylic oxidation sites excluding steroid dienone is 1. The monoisotopic (exact) mass is 349 g/mol. The third-order valence-electron chi connectivity index (χ3n) is 3.70. The molecule has 0 saturated carbocycles. The fraction of sp³-hybridized carbons (Fsp3) is 0.167. The van der Waals surface area contributed by atoms with Crippen LogP contribution in [0.5, 0.6) is 0 Å². The van der Waals surface area contributed by atoms with Crippen LogP contribution in [0.1, 0.15) is 19.5 Å².